The van der Waals surface area contributed by atoms with Gasteiger partial charge in [0, 0.05) is 0 Å². The molecule has 4 rings (SSSR count). The maximum absolute atomic E-state index is 14.2. The SMILES string of the molecule is CCOP(=O)(OCC)c1cc2c(cc1OC)Cc1cc(P(=O)(OCC)OCC)c(OC)cc1Cc1cc(P(=O)(OCC)OCC)c(OC)cc1C2. The highest BCUT2D eigenvalue weighted by atomic mass is 31.2. The number of hydrogen-bond acceptors (Lipinski definition) is 12. The minimum absolute atomic E-state index is 0.164. The van der Waals surface area contributed by atoms with E-state index in [4.69, 9.17) is 41.4 Å². The van der Waals surface area contributed by atoms with Gasteiger partial charge in [0.25, 0.3) is 0 Å². The van der Waals surface area contributed by atoms with Crippen molar-refractivity contribution in [1.29, 1.82) is 0 Å². The number of rotatable bonds is 18. The normalized spacial score (nSPS) is 13.4. The number of hydrogen-bond donors (Lipinski definition) is 0. The molecule has 51 heavy (non-hydrogen) atoms. The number of methoxy groups -OCH3 is 3. The topological polar surface area (TPSA) is 134 Å². The van der Waals surface area contributed by atoms with Gasteiger partial charge in [0.2, 0.25) is 0 Å². The number of benzene rings is 3. The summed E-state index contributed by atoms with van der Waals surface area (Å²) in [6.45, 7) is 11.5. The zero-order chi connectivity index (χ0) is 37.4. The molecule has 282 valence electrons. The summed E-state index contributed by atoms with van der Waals surface area (Å²) in [7, 11) is -6.81. The highest BCUT2D eigenvalue weighted by Crippen LogP contribution is 2.53. The molecular formula is C36H51O12P3. The Kier molecular flexibility index (Phi) is 14.6. The first-order valence-corrected chi connectivity index (χ1v) is 21.8. The van der Waals surface area contributed by atoms with Gasteiger partial charge in [0.1, 0.15) is 33.2 Å². The van der Waals surface area contributed by atoms with Crippen molar-refractivity contribution in [2.75, 3.05) is 61.0 Å². The molecule has 0 fully saturated rings. The van der Waals surface area contributed by atoms with Crippen molar-refractivity contribution in [3.8, 4) is 17.2 Å². The summed E-state index contributed by atoms with van der Waals surface area (Å²) in [6, 6.07) is 11.0. The summed E-state index contributed by atoms with van der Waals surface area (Å²) >= 11 is 0. The van der Waals surface area contributed by atoms with E-state index in [9.17, 15) is 13.7 Å². The van der Waals surface area contributed by atoms with Gasteiger partial charge in [-0.05, 0) is 131 Å². The molecule has 1 aliphatic rings. The summed E-state index contributed by atoms with van der Waals surface area (Å²) in [5.74, 6) is 1.06. The largest absolute Gasteiger partial charge is 0.496 e. The molecule has 12 nitrogen and oxygen atoms in total. The fraction of sp³-hybridized carbons (Fsp3) is 0.500. The van der Waals surface area contributed by atoms with E-state index in [0.717, 1.165) is 33.4 Å². The van der Waals surface area contributed by atoms with Gasteiger partial charge in [0.05, 0.1) is 61.0 Å². The quantitative estimate of drug-likeness (QED) is 0.0930. The van der Waals surface area contributed by atoms with E-state index >= 15 is 0 Å². The monoisotopic (exact) mass is 768 g/mol. The van der Waals surface area contributed by atoms with Gasteiger partial charge in [-0.2, -0.15) is 0 Å². The summed E-state index contributed by atoms with van der Waals surface area (Å²) in [5.41, 5.74) is 5.05. The zero-order valence-corrected chi connectivity index (χ0v) is 33.8. The van der Waals surface area contributed by atoms with Crippen LogP contribution in [0.5, 0.6) is 17.2 Å². The van der Waals surface area contributed by atoms with Crippen molar-refractivity contribution in [2.24, 2.45) is 0 Å². The smallest absolute Gasteiger partial charge is 0.365 e. The van der Waals surface area contributed by atoms with Gasteiger partial charge < -0.3 is 41.4 Å². The second-order valence-corrected chi connectivity index (χ2v) is 17.4. The van der Waals surface area contributed by atoms with Gasteiger partial charge in [-0.25, -0.2) is 0 Å². The standard InChI is InChI=1S/C36H51O12P3/c1-10-43-49(37,44-11-2)34-22-28-16-26-20-32(41-8)36(51(39,47-14-5)48-15-6)24-30(26)18-27-21-33(42-9)35(50(38,45-12-3)46-13-4)23-29(27)17-25(28)19-31(34)40-7/h19-24H,10-18H2,1-9H3. The number of fused-ring (bicyclic) bond motifs is 3. The summed E-state index contributed by atoms with van der Waals surface area (Å²) in [5, 5.41) is 0.922. The van der Waals surface area contributed by atoms with Gasteiger partial charge >= 0.3 is 22.8 Å². The summed E-state index contributed by atoms with van der Waals surface area (Å²) < 4.78 is 94.6. The average molecular weight is 769 g/mol. The maximum Gasteiger partial charge on any atom is 0.365 e. The van der Waals surface area contributed by atoms with Crippen LogP contribution in [-0.2, 0) is 60.1 Å². The zero-order valence-electron chi connectivity index (χ0n) is 31.1. The van der Waals surface area contributed by atoms with E-state index in [0.29, 0.717) is 52.4 Å². The van der Waals surface area contributed by atoms with E-state index in [1.165, 1.54) is 21.3 Å². The van der Waals surface area contributed by atoms with Crippen molar-refractivity contribution in [2.45, 2.75) is 60.8 Å². The molecule has 15 heteroatoms. The maximum atomic E-state index is 14.2. The Morgan fingerprint density at radius 2 is 0.588 bits per heavy atom. The molecule has 0 radical (unpaired) electrons. The van der Waals surface area contributed by atoms with E-state index in [2.05, 4.69) is 0 Å². The second-order valence-electron chi connectivity index (χ2n) is 11.4. The molecule has 0 saturated carbocycles. The molecular weight excluding hydrogens is 717 g/mol. The highest BCUT2D eigenvalue weighted by molar-refractivity contribution is 7.63. The Labute approximate surface area is 302 Å². The lowest BCUT2D eigenvalue weighted by molar-refractivity contribution is 0.228. The average Bonchev–Trinajstić information content (AvgIpc) is 3.15. The fourth-order valence-electron chi connectivity index (χ4n) is 6.25. The van der Waals surface area contributed by atoms with Crippen LogP contribution < -0.4 is 30.1 Å². The molecule has 3 aromatic rings. The van der Waals surface area contributed by atoms with Crippen LogP contribution in [0.4, 0.5) is 0 Å². The molecule has 0 saturated heterocycles. The predicted octanol–water partition coefficient (Wildman–Crippen LogP) is 7.47. The molecule has 0 atom stereocenters. The highest BCUT2D eigenvalue weighted by Gasteiger charge is 2.36. The third kappa shape index (κ3) is 8.84. The van der Waals surface area contributed by atoms with Crippen LogP contribution >= 0.6 is 22.8 Å². The van der Waals surface area contributed by atoms with Gasteiger partial charge in [-0.3, -0.25) is 13.7 Å². The minimum atomic E-state index is -3.78. The molecule has 0 aliphatic heterocycles. The lowest BCUT2D eigenvalue weighted by Gasteiger charge is -2.23. The van der Waals surface area contributed by atoms with E-state index in [1.54, 1.807) is 41.5 Å². The van der Waals surface area contributed by atoms with Crippen LogP contribution in [0.25, 0.3) is 0 Å². The van der Waals surface area contributed by atoms with E-state index < -0.39 is 22.8 Å². The Balaban J connectivity index is 2.12. The third-order valence-corrected chi connectivity index (χ3v) is 14.7. The first kappa shape index (κ1) is 41.3. The van der Waals surface area contributed by atoms with Crippen LogP contribution in [-0.4, -0.2) is 61.0 Å². The molecule has 3 aromatic carbocycles. The first-order chi connectivity index (χ1) is 24.4. The van der Waals surface area contributed by atoms with Crippen molar-refractivity contribution in [3.63, 3.8) is 0 Å². The first-order valence-electron chi connectivity index (χ1n) is 17.2. The Morgan fingerprint density at radius 1 is 0.392 bits per heavy atom. The molecule has 0 amide bonds. The van der Waals surface area contributed by atoms with Crippen LogP contribution in [0.1, 0.15) is 74.9 Å². The lowest BCUT2D eigenvalue weighted by atomic mass is 9.94. The molecule has 1 aliphatic carbocycles. The van der Waals surface area contributed by atoms with Gasteiger partial charge in [-0.15, -0.1) is 0 Å². The van der Waals surface area contributed by atoms with Crippen LogP contribution in [0.15, 0.2) is 36.4 Å². The summed E-state index contributed by atoms with van der Waals surface area (Å²) in [4.78, 5) is 0. The Bertz CT molecular complexity index is 1590. The molecule has 0 N–H and O–H groups in total. The minimum Gasteiger partial charge on any atom is -0.496 e. The summed E-state index contributed by atoms with van der Waals surface area (Å²) in [6.07, 6.45) is 1.12. The molecule has 0 bridgehead atoms. The van der Waals surface area contributed by atoms with Gasteiger partial charge in [0.15, 0.2) is 0 Å². The van der Waals surface area contributed by atoms with Gasteiger partial charge in [-0.1, -0.05) is 0 Å². The lowest BCUT2D eigenvalue weighted by Crippen LogP contribution is -2.17. The third-order valence-electron chi connectivity index (χ3n) is 8.33. The number of ether oxygens (including phenoxy) is 3. The molecule has 0 heterocycles. The Hall–Kier alpha value is -2.49. The fourth-order valence-corrected chi connectivity index (χ4v) is 11.6. The molecule has 0 aromatic heterocycles. The van der Waals surface area contributed by atoms with Crippen LogP contribution in [0.3, 0.4) is 0 Å². The second kappa shape index (κ2) is 18.0. The molecule has 0 spiro atoms. The van der Waals surface area contributed by atoms with Crippen LogP contribution in [0, 0.1) is 0 Å². The van der Waals surface area contributed by atoms with E-state index in [1.807, 2.05) is 36.4 Å². The van der Waals surface area contributed by atoms with Crippen LogP contribution in [0.2, 0.25) is 0 Å². The van der Waals surface area contributed by atoms with Crippen molar-refractivity contribution in [1.82, 2.24) is 0 Å². The predicted molar refractivity (Wildman–Crippen MR) is 199 cm³/mol. The van der Waals surface area contributed by atoms with E-state index in [-0.39, 0.29) is 39.6 Å². The van der Waals surface area contributed by atoms with Crippen molar-refractivity contribution >= 4 is 38.7 Å². The molecule has 0 unspecified atom stereocenters. The Morgan fingerprint density at radius 3 is 0.765 bits per heavy atom. The van der Waals surface area contributed by atoms with Crippen molar-refractivity contribution in [3.05, 3.63) is 69.8 Å². The van der Waals surface area contributed by atoms with Crippen molar-refractivity contribution < 1.29 is 55.0 Å².